The molecule has 0 spiro atoms. The van der Waals surface area contributed by atoms with Gasteiger partial charge in [-0.3, -0.25) is 0 Å². The smallest absolute Gasteiger partial charge is 0.00804 e. The minimum absolute atomic E-state index is 0.279. The van der Waals surface area contributed by atoms with Gasteiger partial charge in [-0.25, -0.2) is 0 Å². The van der Waals surface area contributed by atoms with E-state index in [4.69, 9.17) is 11.5 Å². The van der Waals surface area contributed by atoms with E-state index in [1.54, 1.807) is 0 Å². The fraction of sp³-hybridized carbons (Fsp3) is 1.00. The lowest BCUT2D eigenvalue weighted by Crippen LogP contribution is -2.54. The van der Waals surface area contributed by atoms with Gasteiger partial charge in [-0.15, -0.1) is 0 Å². The highest BCUT2D eigenvalue weighted by Gasteiger charge is 2.44. The summed E-state index contributed by atoms with van der Waals surface area (Å²) in [6, 6.07) is 1.18. The molecular weight excluding hydrogens is 282 g/mol. The van der Waals surface area contributed by atoms with E-state index in [9.17, 15) is 0 Å². The van der Waals surface area contributed by atoms with E-state index >= 15 is 0 Å². The number of hydrogen-bond acceptors (Lipinski definition) is 3. The topological polar surface area (TPSA) is 64.1 Å². The van der Waals surface area contributed by atoms with E-state index < -0.39 is 0 Å². The van der Waals surface area contributed by atoms with Gasteiger partial charge in [-0.2, -0.15) is 0 Å². The van der Waals surface area contributed by atoms with Crippen molar-refractivity contribution in [2.75, 3.05) is 13.1 Å². The summed E-state index contributed by atoms with van der Waals surface area (Å²) < 4.78 is 0. The molecule has 4 unspecified atom stereocenters. The maximum Gasteiger partial charge on any atom is 0.00804 e. The van der Waals surface area contributed by atoms with Gasteiger partial charge in [0.2, 0.25) is 0 Å². The molecule has 0 saturated heterocycles. The average molecular weight is 324 g/mol. The molecule has 0 aromatic heterocycles. The van der Waals surface area contributed by atoms with Gasteiger partial charge in [0, 0.05) is 12.1 Å². The van der Waals surface area contributed by atoms with Crippen LogP contribution < -0.4 is 16.8 Å². The molecule has 3 nitrogen and oxygen atoms in total. The van der Waals surface area contributed by atoms with Gasteiger partial charge < -0.3 is 16.8 Å². The summed E-state index contributed by atoms with van der Waals surface area (Å²) in [7, 11) is 0. The lowest BCUT2D eigenvalue weighted by molar-refractivity contribution is 0.0401. The molecule has 0 aromatic rings. The summed E-state index contributed by atoms with van der Waals surface area (Å²) in [5, 5.41) is 4.04. The molecule has 0 aliphatic heterocycles. The Morgan fingerprint density at radius 3 is 1.35 bits per heavy atom. The van der Waals surface area contributed by atoms with Gasteiger partial charge in [0.1, 0.15) is 0 Å². The van der Waals surface area contributed by atoms with Crippen LogP contribution in [0.3, 0.4) is 0 Å². The largest absolute Gasteiger partial charge is 0.330 e. The zero-order chi connectivity index (χ0) is 17.5. The second-order valence-electron chi connectivity index (χ2n) is 11.1. The third kappa shape index (κ3) is 4.93. The molecule has 2 aliphatic carbocycles. The SMILES string of the molecule is CC1(C)CC(NC2CC(C)(C)CC(C)(CN)C2)CC(C)(CN)C1. The van der Waals surface area contributed by atoms with Gasteiger partial charge in [0.15, 0.2) is 0 Å². The third-order valence-electron chi connectivity index (χ3n) is 6.34. The minimum atomic E-state index is 0.279. The Balaban J connectivity index is 2.08. The monoisotopic (exact) mass is 323 g/mol. The zero-order valence-corrected chi connectivity index (χ0v) is 16.5. The standard InChI is InChI=1S/C20H41N3/c1-17(2)7-15(9-19(5,11-17)13-21)23-16-8-18(3,4)12-20(6,10-16)14-22/h15-16,23H,7-14,21-22H2,1-6H3. The molecule has 0 radical (unpaired) electrons. The van der Waals surface area contributed by atoms with Crippen LogP contribution in [0.25, 0.3) is 0 Å². The van der Waals surface area contributed by atoms with Crippen molar-refractivity contribution in [3.63, 3.8) is 0 Å². The van der Waals surface area contributed by atoms with Crippen LogP contribution in [0.4, 0.5) is 0 Å². The van der Waals surface area contributed by atoms with Gasteiger partial charge in [-0.1, -0.05) is 41.5 Å². The van der Waals surface area contributed by atoms with Crippen LogP contribution in [0.15, 0.2) is 0 Å². The predicted octanol–water partition coefficient (Wildman–Crippen LogP) is 3.66. The van der Waals surface area contributed by atoms with Crippen molar-refractivity contribution in [2.24, 2.45) is 33.1 Å². The summed E-state index contributed by atoms with van der Waals surface area (Å²) in [6.45, 7) is 16.0. The lowest BCUT2D eigenvalue weighted by atomic mass is 9.61. The molecule has 2 fully saturated rings. The van der Waals surface area contributed by atoms with Gasteiger partial charge in [-0.05, 0) is 73.3 Å². The highest BCUT2D eigenvalue weighted by Crippen LogP contribution is 2.48. The highest BCUT2D eigenvalue weighted by molar-refractivity contribution is 4.99. The van der Waals surface area contributed by atoms with Crippen LogP contribution in [-0.2, 0) is 0 Å². The molecule has 5 N–H and O–H groups in total. The quantitative estimate of drug-likeness (QED) is 0.740. The van der Waals surface area contributed by atoms with Crippen LogP contribution >= 0.6 is 0 Å². The second-order valence-corrected chi connectivity index (χ2v) is 11.1. The Hall–Kier alpha value is -0.120. The molecule has 23 heavy (non-hydrogen) atoms. The zero-order valence-electron chi connectivity index (χ0n) is 16.5. The maximum absolute atomic E-state index is 6.12. The van der Waals surface area contributed by atoms with Crippen LogP contribution in [0, 0.1) is 21.7 Å². The van der Waals surface area contributed by atoms with Crippen molar-refractivity contribution in [2.45, 2.75) is 92.2 Å². The molecule has 0 aromatic carbocycles. The van der Waals surface area contributed by atoms with E-state index in [-0.39, 0.29) is 10.8 Å². The molecular formula is C20H41N3. The van der Waals surface area contributed by atoms with Gasteiger partial charge in [0.05, 0.1) is 0 Å². The van der Waals surface area contributed by atoms with E-state index in [1.807, 2.05) is 0 Å². The van der Waals surface area contributed by atoms with Gasteiger partial charge in [0.25, 0.3) is 0 Å². The molecule has 0 bridgehead atoms. The predicted molar refractivity (Wildman–Crippen MR) is 100 cm³/mol. The Bertz CT molecular complexity index is 379. The maximum atomic E-state index is 6.12. The normalized spacial score (nSPS) is 43.3. The first kappa shape index (κ1) is 19.2. The highest BCUT2D eigenvalue weighted by atomic mass is 15.0. The van der Waals surface area contributed by atoms with Crippen molar-refractivity contribution in [1.82, 2.24) is 5.32 Å². The Morgan fingerprint density at radius 1 is 0.696 bits per heavy atom. The van der Waals surface area contributed by atoms with E-state index in [0.29, 0.717) is 22.9 Å². The molecule has 0 heterocycles. The third-order valence-corrected chi connectivity index (χ3v) is 6.34. The molecule has 2 rings (SSSR count). The summed E-state index contributed by atoms with van der Waals surface area (Å²) in [5.74, 6) is 0. The fourth-order valence-corrected chi connectivity index (χ4v) is 6.15. The molecule has 2 saturated carbocycles. The molecule has 3 heteroatoms. The van der Waals surface area contributed by atoms with Crippen LogP contribution in [0.1, 0.15) is 80.1 Å². The fourth-order valence-electron chi connectivity index (χ4n) is 6.15. The first-order valence-electron chi connectivity index (χ1n) is 9.56. The van der Waals surface area contributed by atoms with Crippen molar-refractivity contribution in [3.05, 3.63) is 0 Å². The minimum Gasteiger partial charge on any atom is -0.330 e. The van der Waals surface area contributed by atoms with Crippen molar-refractivity contribution in [1.29, 1.82) is 0 Å². The summed E-state index contributed by atoms with van der Waals surface area (Å²) in [5.41, 5.74) is 13.6. The summed E-state index contributed by atoms with van der Waals surface area (Å²) in [6.07, 6.45) is 7.43. The number of rotatable bonds is 4. The first-order valence-corrected chi connectivity index (χ1v) is 9.56. The second kappa shape index (κ2) is 6.31. The Labute approximate surface area is 144 Å². The van der Waals surface area contributed by atoms with Crippen molar-refractivity contribution >= 4 is 0 Å². The molecule has 4 atom stereocenters. The average Bonchev–Trinajstić information content (AvgIpc) is 2.34. The molecule has 0 amide bonds. The van der Waals surface area contributed by atoms with Crippen molar-refractivity contribution < 1.29 is 0 Å². The first-order chi connectivity index (χ1) is 10.4. The molecule has 2 aliphatic rings. The van der Waals surface area contributed by atoms with E-state index in [1.165, 1.54) is 38.5 Å². The Kier molecular flexibility index (Phi) is 5.27. The summed E-state index contributed by atoms with van der Waals surface area (Å²) >= 11 is 0. The van der Waals surface area contributed by atoms with Crippen molar-refractivity contribution in [3.8, 4) is 0 Å². The summed E-state index contributed by atoms with van der Waals surface area (Å²) in [4.78, 5) is 0. The van der Waals surface area contributed by atoms with E-state index in [0.717, 1.165) is 13.1 Å². The van der Waals surface area contributed by atoms with Crippen LogP contribution in [0.2, 0.25) is 0 Å². The number of hydrogen-bond donors (Lipinski definition) is 3. The lowest BCUT2D eigenvalue weighted by Gasteiger charge is -2.51. The number of nitrogens with two attached hydrogens (primary N) is 2. The van der Waals surface area contributed by atoms with Crippen LogP contribution in [-0.4, -0.2) is 25.2 Å². The van der Waals surface area contributed by atoms with E-state index in [2.05, 4.69) is 46.9 Å². The molecule has 136 valence electrons. The Morgan fingerprint density at radius 2 is 1.04 bits per heavy atom. The van der Waals surface area contributed by atoms with Gasteiger partial charge >= 0.3 is 0 Å². The number of nitrogens with one attached hydrogen (secondary N) is 1. The van der Waals surface area contributed by atoms with Crippen LogP contribution in [0.5, 0.6) is 0 Å².